The van der Waals surface area contributed by atoms with Crippen molar-refractivity contribution in [2.75, 3.05) is 45.3 Å². The number of halogens is 1. The van der Waals surface area contributed by atoms with Gasteiger partial charge in [0.15, 0.2) is 0 Å². The molecular weight excluding hydrogens is 366 g/mol. The van der Waals surface area contributed by atoms with Crippen LogP contribution in [0.4, 0.5) is 10.5 Å². The zero-order valence-electron chi connectivity index (χ0n) is 15.6. The van der Waals surface area contributed by atoms with Gasteiger partial charge in [-0.05, 0) is 5.56 Å². The Balaban J connectivity index is 1.59. The van der Waals surface area contributed by atoms with E-state index in [4.69, 9.17) is 21.1 Å². The summed E-state index contributed by atoms with van der Waals surface area (Å²) in [7, 11) is 3.21. The SMILES string of the molecule is COc1cc(N2CCN(C(=O)NCc3ccccc3)CC2)c(OC)cc1Cl. The molecule has 2 aromatic carbocycles. The zero-order chi connectivity index (χ0) is 19.2. The van der Waals surface area contributed by atoms with Gasteiger partial charge in [-0.15, -0.1) is 0 Å². The molecule has 0 saturated carbocycles. The Morgan fingerprint density at radius 3 is 2.33 bits per heavy atom. The van der Waals surface area contributed by atoms with Gasteiger partial charge in [-0.1, -0.05) is 41.9 Å². The van der Waals surface area contributed by atoms with Gasteiger partial charge >= 0.3 is 6.03 Å². The van der Waals surface area contributed by atoms with Crippen LogP contribution in [0.25, 0.3) is 0 Å². The monoisotopic (exact) mass is 389 g/mol. The summed E-state index contributed by atoms with van der Waals surface area (Å²) in [6.45, 7) is 3.21. The largest absolute Gasteiger partial charge is 0.495 e. The van der Waals surface area contributed by atoms with E-state index in [1.165, 1.54) is 0 Å². The highest BCUT2D eigenvalue weighted by atomic mass is 35.5. The van der Waals surface area contributed by atoms with Crippen molar-refractivity contribution < 1.29 is 14.3 Å². The zero-order valence-corrected chi connectivity index (χ0v) is 16.3. The lowest BCUT2D eigenvalue weighted by atomic mass is 10.2. The first-order valence-corrected chi connectivity index (χ1v) is 9.23. The van der Waals surface area contributed by atoms with Crippen LogP contribution >= 0.6 is 11.6 Å². The van der Waals surface area contributed by atoms with Gasteiger partial charge in [0.05, 0.1) is 24.9 Å². The molecule has 3 rings (SSSR count). The number of urea groups is 1. The Hall–Kier alpha value is -2.60. The van der Waals surface area contributed by atoms with Crippen molar-refractivity contribution in [3.05, 3.63) is 53.1 Å². The van der Waals surface area contributed by atoms with Crippen LogP contribution in [-0.4, -0.2) is 51.3 Å². The van der Waals surface area contributed by atoms with Crippen LogP contribution in [0.2, 0.25) is 5.02 Å². The lowest BCUT2D eigenvalue weighted by Gasteiger charge is -2.36. The van der Waals surface area contributed by atoms with Crippen LogP contribution in [0, 0.1) is 0 Å². The van der Waals surface area contributed by atoms with Crippen LogP contribution in [0.1, 0.15) is 5.56 Å². The summed E-state index contributed by atoms with van der Waals surface area (Å²) in [4.78, 5) is 16.4. The van der Waals surface area contributed by atoms with Gasteiger partial charge in [0, 0.05) is 44.9 Å². The number of carbonyl (C=O) groups is 1. The maximum absolute atomic E-state index is 12.4. The third-order valence-corrected chi connectivity index (χ3v) is 4.94. The van der Waals surface area contributed by atoms with Gasteiger partial charge in [-0.25, -0.2) is 4.79 Å². The summed E-state index contributed by atoms with van der Waals surface area (Å²) in [5.41, 5.74) is 2.01. The lowest BCUT2D eigenvalue weighted by Crippen LogP contribution is -2.51. The Labute approximate surface area is 164 Å². The second-order valence-electron chi connectivity index (χ2n) is 6.28. The molecule has 1 saturated heterocycles. The molecule has 0 radical (unpaired) electrons. The van der Waals surface area contributed by atoms with E-state index in [0.717, 1.165) is 11.3 Å². The first-order chi connectivity index (χ1) is 13.1. The molecule has 2 aromatic rings. The van der Waals surface area contributed by atoms with Crippen molar-refractivity contribution in [2.24, 2.45) is 0 Å². The fraction of sp³-hybridized carbons (Fsp3) is 0.350. The minimum Gasteiger partial charge on any atom is -0.495 e. The summed E-state index contributed by atoms with van der Waals surface area (Å²) in [6, 6.07) is 13.5. The van der Waals surface area contributed by atoms with Gasteiger partial charge < -0.3 is 24.6 Å². The fourth-order valence-corrected chi connectivity index (χ4v) is 3.36. The van der Waals surface area contributed by atoms with Crippen molar-refractivity contribution in [1.82, 2.24) is 10.2 Å². The highest BCUT2D eigenvalue weighted by Crippen LogP contribution is 2.38. The number of methoxy groups -OCH3 is 2. The Morgan fingerprint density at radius 1 is 1.04 bits per heavy atom. The molecule has 0 atom stereocenters. The van der Waals surface area contributed by atoms with E-state index in [2.05, 4.69) is 10.2 Å². The average molecular weight is 390 g/mol. The predicted molar refractivity (Wildman–Crippen MR) is 107 cm³/mol. The van der Waals surface area contributed by atoms with Crippen LogP contribution < -0.4 is 19.7 Å². The summed E-state index contributed by atoms with van der Waals surface area (Å²) in [6.07, 6.45) is 0. The quantitative estimate of drug-likeness (QED) is 0.851. The second-order valence-corrected chi connectivity index (χ2v) is 6.68. The van der Waals surface area contributed by atoms with Crippen LogP contribution in [-0.2, 0) is 6.54 Å². The minimum absolute atomic E-state index is 0.0424. The topological polar surface area (TPSA) is 54.0 Å². The van der Waals surface area contributed by atoms with E-state index in [-0.39, 0.29) is 6.03 Å². The van der Waals surface area contributed by atoms with Crippen molar-refractivity contribution >= 4 is 23.3 Å². The molecule has 7 heteroatoms. The number of nitrogens with one attached hydrogen (secondary N) is 1. The molecule has 0 aliphatic carbocycles. The molecule has 0 aromatic heterocycles. The van der Waals surface area contributed by atoms with Gasteiger partial charge in [0.1, 0.15) is 11.5 Å². The van der Waals surface area contributed by atoms with E-state index in [0.29, 0.717) is 49.2 Å². The molecule has 2 amide bonds. The van der Waals surface area contributed by atoms with E-state index < -0.39 is 0 Å². The molecule has 0 bridgehead atoms. The number of amides is 2. The Morgan fingerprint density at radius 2 is 1.70 bits per heavy atom. The molecule has 0 unspecified atom stereocenters. The molecule has 0 spiro atoms. The Kier molecular flexibility index (Phi) is 6.29. The molecule has 6 nitrogen and oxygen atoms in total. The third-order valence-electron chi connectivity index (χ3n) is 4.65. The number of benzene rings is 2. The molecule has 1 N–H and O–H groups in total. The first-order valence-electron chi connectivity index (χ1n) is 8.85. The van der Waals surface area contributed by atoms with Crippen molar-refractivity contribution in [3.8, 4) is 11.5 Å². The fourth-order valence-electron chi connectivity index (χ4n) is 3.13. The molecule has 1 fully saturated rings. The number of piperazine rings is 1. The molecule has 1 aliphatic heterocycles. The average Bonchev–Trinajstić information content (AvgIpc) is 2.72. The van der Waals surface area contributed by atoms with E-state index in [9.17, 15) is 4.79 Å². The van der Waals surface area contributed by atoms with E-state index in [1.807, 2.05) is 41.3 Å². The van der Waals surface area contributed by atoms with Crippen LogP contribution in [0.15, 0.2) is 42.5 Å². The number of ether oxygens (including phenoxy) is 2. The second kappa shape index (κ2) is 8.86. The molecular formula is C20H24ClN3O3. The molecule has 1 heterocycles. The summed E-state index contributed by atoms with van der Waals surface area (Å²) < 4.78 is 10.8. The minimum atomic E-state index is -0.0424. The van der Waals surface area contributed by atoms with Crippen molar-refractivity contribution in [1.29, 1.82) is 0 Å². The van der Waals surface area contributed by atoms with Gasteiger partial charge in [0.2, 0.25) is 0 Å². The number of nitrogens with zero attached hydrogens (tertiary/aromatic N) is 2. The standard InChI is InChI=1S/C20H24ClN3O3/c1-26-18-13-17(19(27-2)12-16(18)21)23-8-10-24(11-9-23)20(25)22-14-15-6-4-3-5-7-15/h3-7,12-13H,8-11,14H2,1-2H3,(H,22,25). The third kappa shape index (κ3) is 4.57. The van der Waals surface area contributed by atoms with E-state index >= 15 is 0 Å². The highest BCUT2D eigenvalue weighted by molar-refractivity contribution is 6.32. The Bertz CT molecular complexity index is 778. The number of rotatable bonds is 5. The smallest absolute Gasteiger partial charge is 0.317 e. The van der Waals surface area contributed by atoms with Crippen molar-refractivity contribution in [3.63, 3.8) is 0 Å². The normalized spacial score (nSPS) is 14.0. The maximum atomic E-state index is 12.4. The summed E-state index contributed by atoms with van der Waals surface area (Å²) in [5, 5.41) is 3.49. The van der Waals surface area contributed by atoms with Crippen LogP contribution in [0.3, 0.4) is 0 Å². The van der Waals surface area contributed by atoms with E-state index in [1.54, 1.807) is 20.3 Å². The van der Waals surface area contributed by atoms with Gasteiger partial charge in [-0.2, -0.15) is 0 Å². The number of hydrogen-bond donors (Lipinski definition) is 1. The maximum Gasteiger partial charge on any atom is 0.317 e. The number of hydrogen-bond acceptors (Lipinski definition) is 4. The molecule has 144 valence electrons. The van der Waals surface area contributed by atoms with Crippen LogP contribution in [0.5, 0.6) is 11.5 Å². The lowest BCUT2D eigenvalue weighted by molar-refractivity contribution is 0.194. The summed E-state index contributed by atoms with van der Waals surface area (Å²) in [5.74, 6) is 1.30. The number of carbonyl (C=O) groups excluding carboxylic acids is 1. The highest BCUT2D eigenvalue weighted by Gasteiger charge is 2.24. The number of anilines is 1. The predicted octanol–water partition coefficient (Wildman–Crippen LogP) is 3.39. The van der Waals surface area contributed by atoms with Gasteiger partial charge in [0.25, 0.3) is 0 Å². The molecule has 1 aliphatic rings. The van der Waals surface area contributed by atoms with Gasteiger partial charge in [-0.3, -0.25) is 0 Å². The first kappa shape index (κ1) is 19.2. The van der Waals surface area contributed by atoms with Crippen molar-refractivity contribution in [2.45, 2.75) is 6.54 Å². The summed E-state index contributed by atoms with van der Waals surface area (Å²) >= 11 is 6.18. The molecule has 27 heavy (non-hydrogen) atoms.